The van der Waals surface area contributed by atoms with Gasteiger partial charge < -0.3 is 5.11 Å². The van der Waals surface area contributed by atoms with Crippen molar-refractivity contribution in [2.24, 2.45) is 0 Å². The van der Waals surface area contributed by atoms with Crippen molar-refractivity contribution in [2.75, 3.05) is 12.9 Å². The molecule has 0 aromatic carbocycles. The van der Waals surface area contributed by atoms with Crippen LogP contribution in [0.15, 0.2) is 11.8 Å². The van der Waals surface area contributed by atoms with E-state index in [1.54, 1.807) is 0 Å². The fourth-order valence-corrected chi connectivity index (χ4v) is 1.79. The van der Waals surface area contributed by atoms with E-state index in [2.05, 4.69) is 39.6 Å². The maximum absolute atomic E-state index is 9.19. The highest BCUT2D eigenvalue weighted by Crippen LogP contribution is 2.36. The minimum atomic E-state index is -3.67. The fourth-order valence-electron chi connectivity index (χ4n) is 0.597. The van der Waals surface area contributed by atoms with Gasteiger partial charge in [0, 0.05) is 0 Å². The van der Waals surface area contributed by atoms with Gasteiger partial charge in [-0.25, -0.2) is 0 Å². The Morgan fingerprint density at radius 3 is 1.75 bits per heavy atom. The molecule has 0 amide bonds. The second kappa shape index (κ2) is 6.54. The Bertz CT molecular complexity index is 304. The molecule has 0 aromatic rings. The molecule has 0 rings (SSSR count). The summed E-state index contributed by atoms with van der Waals surface area (Å²) in [5.41, 5.74) is 2.22. The number of aliphatic hydroxyl groups is 1. The van der Waals surface area contributed by atoms with Crippen LogP contribution in [-0.4, -0.2) is 39.0 Å². The van der Waals surface area contributed by atoms with Gasteiger partial charge in [0.05, 0.1) is 20.9 Å². The molecular formula is C10H24O4SSi. The molecule has 0 unspecified atom stereocenters. The van der Waals surface area contributed by atoms with Crippen LogP contribution in [-0.2, 0) is 10.1 Å². The summed E-state index contributed by atoms with van der Waals surface area (Å²) in [5, 5.41) is 9.02. The van der Waals surface area contributed by atoms with Crippen molar-refractivity contribution in [3.63, 3.8) is 0 Å². The maximum atomic E-state index is 9.19. The third kappa shape index (κ3) is 11.9. The highest BCUT2D eigenvalue weighted by atomic mass is 32.2. The number of aliphatic hydroxyl groups excluding tert-OH is 1. The van der Waals surface area contributed by atoms with Gasteiger partial charge in [0.1, 0.15) is 0 Å². The number of hydrogen-bond acceptors (Lipinski definition) is 3. The molecule has 0 radical (unpaired) electrons. The van der Waals surface area contributed by atoms with E-state index in [1.165, 1.54) is 0 Å². The fraction of sp³-hybridized carbons (Fsp3) is 0.800. The topological polar surface area (TPSA) is 74.6 Å². The van der Waals surface area contributed by atoms with Crippen LogP contribution in [0.4, 0.5) is 0 Å². The first-order chi connectivity index (χ1) is 6.81. The van der Waals surface area contributed by atoms with E-state index in [-0.39, 0.29) is 6.61 Å². The molecule has 0 spiro atoms. The van der Waals surface area contributed by atoms with Crippen LogP contribution >= 0.6 is 0 Å². The maximum Gasteiger partial charge on any atom is 0.261 e. The average molecular weight is 268 g/mol. The molecule has 0 heterocycles. The van der Waals surface area contributed by atoms with Crippen LogP contribution in [0.5, 0.6) is 0 Å². The lowest BCUT2D eigenvalue weighted by Gasteiger charge is -2.34. The van der Waals surface area contributed by atoms with Crippen molar-refractivity contribution < 1.29 is 18.1 Å². The first-order valence-electron chi connectivity index (χ1n) is 5.02. The van der Waals surface area contributed by atoms with Crippen molar-refractivity contribution in [1.29, 1.82) is 0 Å². The highest BCUT2D eigenvalue weighted by Gasteiger charge is 2.31. The minimum absolute atomic E-state index is 0.173. The van der Waals surface area contributed by atoms with Gasteiger partial charge in [-0.15, -0.1) is 0 Å². The number of hydrogen-bond donors (Lipinski definition) is 2. The molecule has 0 aliphatic rings. The zero-order valence-electron chi connectivity index (χ0n) is 11.0. The van der Waals surface area contributed by atoms with Gasteiger partial charge in [0.15, 0.2) is 0 Å². The summed E-state index contributed by atoms with van der Waals surface area (Å²) in [7, 11) is -4.93. The number of rotatable bonds is 2. The summed E-state index contributed by atoms with van der Waals surface area (Å²) < 4.78 is 25.9. The van der Waals surface area contributed by atoms with Gasteiger partial charge in [0.2, 0.25) is 0 Å². The Morgan fingerprint density at radius 2 is 1.56 bits per heavy atom. The van der Waals surface area contributed by atoms with Gasteiger partial charge in [-0.1, -0.05) is 45.6 Å². The second-order valence-electron chi connectivity index (χ2n) is 5.29. The molecule has 0 aromatic heterocycles. The van der Waals surface area contributed by atoms with Crippen LogP contribution in [0.25, 0.3) is 0 Å². The molecule has 0 fully saturated rings. The molecule has 0 saturated carbocycles. The zero-order chi connectivity index (χ0) is 13.6. The van der Waals surface area contributed by atoms with E-state index in [1.807, 2.05) is 6.08 Å². The van der Waals surface area contributed by atoms with Crippen LogP contribution in [0.1, 0.15) is 20.8 Å². The van der Waals surface area contributed by atoms with Crippen LogP contribution in [0, 0.1) is 0 Å². The Labute approximate surface area is 100 Å². The lowest BCUT2D eigenvalue weighted by atomic mass is 10.2. The Balaban J connectivity index is 0. The van der Waals surface area contributed by atoms with Gasteiger partial charge in [0.25, 0.3) is 10.1 Å². The predicted molar refractivity (Wildman–Crippen MR) is 70.9 cm³/mol. The summed E-state index contributed by atoms with van der Waals surface area (Å²) in [6, 6.07) is 0. The van der Waals surface area contributed by atoms with Gasteiger partial charge in [-0.05, 0) is 5.04 Å². The normalized spacial score (nSPS) is 13.5. The summed E-state index contributed by atoms with van der Waals surface area (Å²) in [5.74, 6) is 0. The average Bonchev–Trinajstić information content (AvgIpc) is 1.95. The lowest BCUT2D eigenvalue weighted by Crippen LogP contribution is -2.34. The molecule has 98 valence electrons. The quantitative estimate of drug-likeness (QED) is 0.594. The molecule has 4 nitrogen and oxygen atoms in total. The molecule has 0 atom stereocenters. The monoisotopic (exact) mass is 268 g/mol. The van der Waals surface area contributed by atoms with Crippen molar-refractivity contribution in [3.05, 3.63) is 11.8 Å². The summed E-state index contributed by atoms with van der Waals surface area (Å²) >= 11 is 0. The summed E-state index contributed by atoms with van der Waals surface area (Å²) in [6.45, 7) is 11.6. The van der Waals surface area contributed by atoms with Gasteiger partial charge in [-0.2, -0.15) is 8.42 Å². The molecule has 0 bridgehead atoms. The predicted octanol–water partition coefficient (Wildman–Crippen LogP) is 2.09. The van der Waals surface area contributed by atoms with Crippen molar-refractivity contribution in [1.82, 2.24) is 0 Å². The van der Waals surface area contributed by atoms with Gasteiger partial charge >= 0.3 is 0 Å². The van der Waals surface area contributed by atoms with Crippen molar-refractivity contribution in [2.45, 2.75) is 38.9 Å². The van der Waals surface area contributed by atoms with Crippen molar-refractivity contribution in [3.8, 4) is 0 Å². The largest absolute Gasteiger partial charge is 0.392 e. The minimum Gasteiger partial charge on any atom is -0.392 e. The molecule has 0 aliphatic heterocycles. The van der Waals surface area contributed by atoms with E-state index in [0.717, 1.165) is 0 Å². The van der Waals surface area contributed by atoms with E-state index in [9.17, 15) is 8.42 Å². The SMILES string of the molecule is CC(C)(C)[Si](C)(C)C=CCO.CS(=O)(=O)O. The van der Waals surface area contributed by atoms with Crippen LogP contribution in [0.3, 0.4) is 0 Å². The molecule has 16 heavy (non-hydrogen) atoms. The first kappa shape index (κ1) is 18.2. The van der Waals surface area contributed by atoms with E-state index < -0.39 is 18.2 Å². The lowest BCUT2D eigenvalue weighted by molar-refractivity contribution is 0.343. The summed E-state index contributed by atoms with van der Waals surface area (Å²) in [4.78, 5) is 0. The van der Waals surface area contributed by atoms with E-state index >= 15 is 0 Å². The molecule has 6 heteroatoms. The van der Waals surface area contributed by atoms with Crippen LogP contribution < -0.4 is 0 Å². The third-order valence-electron chi connectivity index (χ3n) is 2.57. The second-order valence-corrected chi connectivity index (χ2v) is 12.0. The van der Waals surface area contributed by atoms with E-state index in [0.29, 0.717) is 11.3 Å². The Morgan fingerprint density at radius 1 is 1.25 bits per heavy atom. The molecule has 0 aliphatic carbocycles. The van der Waals surface area contributed by atoms with Crippen molar-refractivity contribution >= 4 is 18.2 Å². The zero-order valence-corrected chi connectivity index (χ0v) is 12.8. The third-order valence-corrected chi connectivity index (χ3v) is 7.51. The molecule has 2 N–H and O–H groups in total. The van der Waals surface area contributed by atoms with Crippen LogP contribution in [0.2, 0.25) is 18.1 Å². The molecule has 0 saturated heterocycles. The highest BCUT2D eigenvalue weighted by molar-refractivity contribution is 7.85. The van der Waals surface area contributed by atoms with E-state index in [4.69, 9.17) is 9.66 Å². The Hall–Kier alpha value is -0.173. The van der Waals surface area contributed by atoms with Gasteiger partial charge in [-0.3, -0.25) is 4.55 Å². The first-order valence-corrected chi connectivity index (χ1v) is 9.95. The molecular weight excluding hydrogens is 244 g/mol. The Kier molecular flexibility index (Phi) is 7.43. The smallest absolute Gasteiger partial charge is 0.261 e. The summed E-state index contributed by atoms with van der Waals surface area (Å²) in [6.07, 6.45) is 2.59. The standard InChI is InChI=1S/C9H20OSi.CH4O3S/c1-9(2,3)11(4,5)8-6-7-10;1-5(2,3)4/h6,8,10H,7H2,1-5H3;1H3,(H,2,3,4).